The van der Waals surface area contributed by atoms with Crippen molar-refractivity contribution in [1.29, 1.82) is 0 Å². The van der Waals surface area contributed by atoms with Gasteiger partial charge in [-0.2, -0.15) is 14.9 Å². The van der Waals surface area contributed by atoms with Crippen LogP contribution in [0.2, 0.25) is 0 Å². The standard InChI is InChI=1S/C12H12N4OS/c1-8-3-5-10(6-4-8)7-13-16-11(17)9(2)14-15-12(16)18/h3-7H,1-2H3,(H,15,18)/b13-7+. The Hall–Kier alpha value is -2.08. The summed E-state index contributed by atoms with van der Waals surface area (Å²) < 4.78 is 1.30. The Morgan fingerprint density at radius 3 is 2.67 bits per heavy atom. The fourth-order valence-corrected chi connectivity index (χ4v) is 1.53. The molecule has 0 spiro atoms. The van der Waals surface area contributed by atoms with Gasteiger partial charge in [0.05, 0.1) is 6.21 Å². The topological polar surface area (TPSA) is 63.0 Å². The molecular formula is C12H12N4OS. The molecule has 0 aliphatic heterocycles. The van der Waals surface area contributed by atoms with Crippen LogP contribution >= 0.6 is 12.2 Å². The summed E-state index contributed by atoms with van der Waals surface area (Å²) >= 11 is 4.97. The molecule has 1 aromatic heterocycles. The lowest BCUT2D eigenvalue weighted by atomic mass is 10.2. The SMILES string of the molecule is Cc1ccc(/C=N/n2c(=S)[nH]nc(C)c2=O)cc1. The second kappa shape index (κ2) is 5.05. The lowest BCUT2D eigenvalue weighted by molar-refractivity contribution is 0.720. The fraction of sp³-hybridized carbons (Fsp3) is 0.167. The van der Waals surface area contributed by atoms with Gasteiger partial charge in [-0.3, -0.25) is 9.89 Å². The van der Waals surface area contributed by atoms with Crippen LogP contribution in [-0.2, 0) is 0 Å². The van der Waals surface area contributed by atoms with Gasteiger partial charge in [-0.15, -0.1) is 0 Å². The van der Waals surface area contributed by atoms with Gasteiger partial charge in [0.25, 0.3) is 5.56 Å². The second-order valence-electron chi connectivity index (χ2n) is 3.89. The van der Waals surface area contributed by atoms with E-state index in [9.17, 15) is 4.79 Å². The van der Waals surface area contributed by atoms with E-state index in [1.807, 2.05) is 31.2 Å². The first-order chi connectivity index (χ1) is 8.58. The number of H-pyrrole nitrogens is 1. The third-order valence-corrected chi connectivity index (χ3v) is 2.68. The van der Waals surface area contributed by atoms with Crippen molar-refractivity contribution < 1.29 is 0 Å². The van der Waals surface area contributed by atoms with Gasteiger partial charge in [-0.25, -0.2) is 0 Å². The molecule has 0 fully saturated rings. The van der Waals surface area contributed by atoms with Crippen LogP contribution in [0.3, 0.4) is 0 Å². The van der Waals surface area contributed by atoms with Crippen molar-refractivity contribution in [2.45, 2.75) is 13.8 Å². The van der Waals surface area contributed by atoms with Crippen molar-refractivity contribution in [2.75, 3.05) is 0 Å². The Balaban J connectivity index is 2.41. The number of nitrogens with one attached hydrogen (secondary N) is 1. The zero-order chi connectivity index (χ0) is 13.1. The van der Waals surface area contributed by atoms with E-state index in [0.717, 1.165) is 10.2 Å². The van der Waals surface area contributed by atoms with E-state index >= 15 is 0 Å². The lowest BCUT2D eigenvalue weighted by Gasteiger charge is -1.99. The highest BCUT2D eigenvalue weighted by Crippen LogP contribution is 2.00. The average molecular weight is 260 g/mol. The number of rotatable bonds is 2. The molecule has 0 saturated heterocycles. The van der Waals surface area contributed by atoms with Crippen LogP contribution in [0.5, 0.6) is 0 Å². The summed E-state index contributed by atoms with van der Waals surface area (Å²) in [4.78, 5) is 11.8. The van der Waals surface area contributed by atoms with E-state index in [2.05, 4.69) is 15.3 Å². The molecule has 2 aromatic rings. The highest BCUT2D eigenvalue weighted by atomic mass is 32.1. The van der Waals surface area contributed by atoms with Crippen LogP contribution in [0.15, 0.2) is 34.2 Å². The smallest absolute Gasteiger partial charge is 0.265 e. The Morgan fingerprint density at radius 1 is 1.33 bits per heavy atom. The summed E-state index contributed by atoms with van der Waals surface area (Å²) in [7, 11) is 0. The molecule has 18 heavy (non-hydrogen) atoms. The number of hydrogen-bond donors (Lipinski definition) is 1. The Kier molecular flexibility index (Phi) is 3.47. The molecule has 0 bridgehead atoms. The number of benzene rings is 1. The molecule has 0 unspecified atom stereocenters. The van der Waals surface area contributed by atoms with Gasteiger partial charge in [0.15, 0.2) is 0 Å². The van der Waals surface area contributed by atoms with E-state index in [-0.39, 0.29) is 10.3 Å². The second-order valence-corrected chi connectivity index (χ2v) is 4.27. The fourth-order valence-electron chi connectivity index (χ4n) is 1.35. The summed E-state index contributed by atoms with van der Waals surface area (Å²) in [5.74, 6) is 0. The monoisotopic (exact) mass is 260 g/mol. The summed E-state index contributed by atoms with van der Waals surface area (Å²) in [6.45, 7) is 3.61. The molecule has 0 radical (unpaired) electrons. The Bertz CT molecular complexity index is 697. The quantitative estimate of drug-likeness (QED) is 0.661. The predicted molar refractivity (Wildman–Crippen MR) is 72.6 cm³/mol. The summed E-state index contributed by atoms with van der Waals surface area (Å²) in [5.41, 5.74) is 2.07. The van der Waals surface area contributed by atoms with Crippen molar-refractivity contribution in [2.24, 2.45) is 5.10 Å². The van der Waals surface area contributed by atoms with Crippen molar-refractivity contribution >= 4 is 18.4 Å². The summed E-state index contributed by atoms with van der Waals surface area (Å²) in [5, 5.41) is 10.4. The summed E-state index contributed by atoms with van der Waals surface area (Å²) in [6.07, 6.45) is 1.59. The zero-order valence-electron chi connectivity index (χ0n) is 10.0. The minimum absolute atomic E-state index is 0.175. The van der Waals surface area contributed by atoms with Gasteiger partial charge in [-0.1, -0.05) is 29.8 Å². The molecular weight excluding hydrogens is 248 g/mol. The minimum atomic E-state index is -0.317. The van der Waals surface area contributed by atoms with E-state index in [4.69, 9.17) is 12.2 Å². The maximum absolute atomic E-state index is 11.8. The molecule has 6 heteroatoms. The third kappa shape index (κ3) is 2.60. The predicted octanol–water partition coefficient (Wildman–Crippen LogP) is 1.80. The van der Waals surface area contributed by atoms with Gasteiger partial charge in [0.1, 0.15) is 5.69 Å². The highest BCUT2D eigenvalue weighted by molar-refractivity contribution is 7.71. The Morgan fingerprint density at radius 2 is 2.00 bits per heavy atom. The molecule has 1 heterocycles. The van der Waals surface area contributed by atoms with Crippen LogP contribution in [0.1, 0.15) is 16.8 Å². The van der Waals surface area contributed by atoms with Gasteiger partial charge >= 0.3 is 0 Å². The molecule has 0 aliphatic carbocycles. The van der Waals surface area contributed by atoms with E-state index in [0.29, 0.717) is 5.69 Å². The maximum atomic E-state index is 11.8. The first-order valence-electron chi connectivity index (χ1n) is 5.37. The molecule has 1 N–H and O–H groups in total. The highest BCUT2D eigenvalue weighted by Gasteiger charge is 2.00. The molecule has 1 aromatic carbocycles. The molecule has 92 valence electrons. The number of nitrogens with zero attached hydrogens (tertiary/aromatic N) is 3. The third-order valence-electron chi connectivity index (χ3n) is 2.41. The molecule has 0 amide bonds. The molecule has 5 nitrogen and oxygen atoms in total. The number of aromatic nitrogens is 3. The number of aromatic amines is 1. The van der Waals surface area contributed by atoms with E-state index < -0.39 is 0 Å². The van der Waals surface area contributed by atoms with Crippen LogP contribution in [0.25, 0.3) is 0 Å². The van der Waals surface area contributed by atoms with Crippen molar-refractivity contribution in [1.82, 2.24) is 14.9 Å². The van der Waals surface area contributed by atoms with Crippen molar-refractivity contribution in [3.8, 4) is 0 Å². The molecule has 2 rings (SSSR count). The average Bonchev–Trinajstić information content (AvgIpc) is 2.36. The Labute approximate surface area is 109 Å². The van der Waals surface area contributed by atoms with E-state index in [1.54, 1.807) is 13.1 Å². The van der Waals surface area contributed by atoms with Gasteiger partial charge < -0.3 is 0 Å². The first-order valence-corrected chi connectivity index (χ1v) is 5.78. The zero-order valence-corrected chi connectivity index (χ0v) is 10.9. The normalized spacial score (nSPS) is 11.0. The van der Waals surface area contributed by atoms with Crippen LogP contribution in [-0.4, -0.2) is 21.1 Å². The molecule has 0 saturated carbocycles. The maximum Gasteiger partial charge on any atom is 0.296 e. The lowest BCUT2D eigenvalue weighted by Crippen LogP contribution is -2.22. The minimum Gasteiger partial charge on any atom is -0.265 e. The van der Waals surface area contributed by atoms with Crippen molar-refractivity contribution in [3.63, 3.8) is 0 Å². The van der Waals surface area contributed by atoms with Gasteiger partial charge in [-0.05, 0) is 31.6 Å². The van der Waals surface area contributed by atoms with E-state index in [1.165, 1.54) is 5.56 Å². The summed E-state index contributed by atoms with van der Waals surface area (Å²) in [6, 6.07) is 7.79. The largest absolute Gasteiger partial charge is 0.296 e. The molecule has 0 aliphatic rings. The van der Waals surface area contributed by atoms with Crippen LogP contribution in [0.4, 0.5) is 0 Å². The van der Waals surface area contributed by atoms with Gasteiger partial charge in [0, 0.05) is 0 Å². The molecule has 0 atom stereocenters. The van der Waals surface area contributed by atoms with Crippen molar-refractivity contribution in [3.05, 3.63) is 56.2 Å². The number of hydrogen-bond acceptors (Lipinski definition) is 4. The van der Waals surface area contributed by atoms with Gasteiger partial charge in [0.2, 0.25) is 4.77 Å². The van der Waals surface area contributed by atoms with Crippen LogP contribution < -0.4 is 5.56 Å². The first kappa shape index (κ1) is 12.4. The van der Waals surface area contributed by atoms with Crippen LogP contribution in [0, 0.1) is 18.6 Å². The number of aryl methyl sites for hydroxylation is 2.